The summed E-state index contributed by atoms with van der Waals surface area (Å²) in [5.74, 6) is -0.317. The van der Waals surface area contributed by atoms with Gasteiger partial charge in [0.05, 0.1) is 22.1 Å². The molecule has 0 saturated heterocycles. The van der Waals surface area contributed by atoms with Crippen molar-refractivity contribution in [2.24, 2.45) is 0 Å². The molecule has 2 aromatic heterocycles. The summed E-state index contributed by atoms with van der Waals surface area (Å²) in [6.45, 7) is 0. The molecule has 204 valence electrons. The van der Waals surface area contributed by atoms with Crippen molar-refractivity contribution in [3.05, 3.63) is 163 Å². The fraction of sp³-hybridized carbons (Fsp3) is 0. The Kier molecular flexibility index (Phi) is 5.73. The van der Waals surface area contributed by atoms with Crippen molar-refractivity contribution in [2.75, 3.05) is 0 Å². The molecule has 0 atom stereocenters. The number of carbonyl (C=O) groups excluding carboxylic acids is 1. The van der Waals surface area contributed by atoms with Crippen LogP contribution in [-0.2, 0) is 0 Å². The van der Waals surface area contributed by atoms with Crippen LogP contribution in [-0.4, -0.2) is 20.0 Å². The summed E-state index contributed by atoms with van der Waals surface area (Å²) in [6.07, 6.45) is 1.30. The summed E-state index contributed by atoms with van der Waals surface area (Å²) < 4.78 is 4.43. The fourth-order valence-corrected chi connectivity index (χ4v) is 6.25. The van der Waals surface area contributed by atoms with Gasteiger partial charge in [-0.1, -0.05) is 72.8 Å². The Labute approximate surface area is 248 Å². The lowest BCUT2D eigenvalue weighted by atomic mass is 10.1. The second-order valence-electron chi connectivity index (χ2n) is 10.7. The molecule has 6 aromatic carbocycles. The highest BCUT2D eigenvalue weighted by Crippen LogP contribution is 2.33. The van der Waals surface area contributed by atoms with E-state index in [2.05, 4.69) is 81.9 Å². The van der Waals surface area contributed by atoms with Crippen molar-refractivity contribution in [1.82, 2.24) is 9.13 Å². The highest BCUT2D eigenvalue weighted by Gasteiger charge is 2.14. The standard InChI is InChI=1S/C39H26N2O2/c42-38(26-17-21-28(22-18-26)40-34-13-5-1-9-30(34)31-10-2-6-14-35(31)40)25-39(43)27-19-23-29(24-20-27)41-36-15-7-3-11-32(36)33-12-4-8-16-37(33)41/h1-25,42H/b38-25-. The molecule has 2 heterocycles. The molecule has 4 heteroatoms. The van der Waals surface area contributed by atoms with Crippen molar-refractivity contribution < 1.29 is 9.90 Å². The Bertz CT molecular complexity index is 2250. The normalized spacial score (nSPS) is 12.0. The quantitative estimate of drug-likeness (QED) is 0.131. The minimum Gasteiger partial charge on any atom is -0.507 e. The Morgan fingerprint density at radius 1 is 0.442 bits per heavy atom. The van der Waals surface area contributed by atoms with Gasteiger partial charge >= 0.3 is 0 Å². The van der Waals surface area contributed by atoms with Crippen LogP contribution in [0.1, 0.15) is 15.9 Å². The topological polar surface area (TPSA) is 47.2 Å². The second-order valence-corrected chi connectivity index (χ2v) is 10.7. The van der Waals surface area contributed by atoms with Crippen LogP contribution < -0.4 is 0 Å². The van der Waals surface area contributed by atoms with Crippen LogP contribution in [0.25, 0.3) is 60.7 Å². The number of nitrogens with zero attached hydrogens (tertiary/aromatic N) is 2. The lowest BCUT2D eigenvalue weighted by Crippen LogP contribution is -1.99. The van der Waals surface area contributed by atoms with E-state index in [0.29, 0.717) is 11.1 Å². The van der Waals surface area contributed by atoms with Crippen molar-refractivity contribution >= 4 is 55.2 Å². The van der Waals surface area contributed by atoms with Crippen molar-refractivity contribution in [3.63, 3.8) is 0 Å². The number of benzene rings is 6. The van der Waals surface area contributed by atoms with E-state index >= 15 is 0 Å². The summed E-state index contributed by atoms with van der Waals surface area (Å²) in [7, 11) is 0. The maximum atomic E-state index is 13.2. The van der Waals surface area contributed by atoms with Crippen LogP contribution in [0, 0.1) is 0 Å². The van der Waals surface area contributed by atoms with E-state index in [0.717, 1.165) is 33.4 Å². The van der Waals surface area contributed by atoms with Gasteiger partial charge < -0.3 is 14.2 Å². The molecule has 0 aliphatic carbocycles. The number of fused-ring (bicyclic) bond motifs is 6. The van der Waals surface area contributed by atoms with Gasteiger partial charge in [0.25, 0.3) is 0 Å². The Morgan fingerprint density at radius 2 is 0.767 bits per heavy atom. The summed E-state index contributed by atoms with van der Waals surface area (Å²) >= 11 is 0. The molecule has 0 aliphatic rings. The van der Waals surface area contributed by atoms with Gasteiger partial charge in [-0.2, -0.15) is 0 Å². The molecule has 0 fully saturated rings. The number of rotatable bonds is 5. The predicted octanol–water partition coefficient (Wildman–Crippen LogP) is 9.66. The zero-order valence-electron chi connectivity index (χ0n) is 23.2. The first-order valence-corrected chi connectivity index (χ1v) is 14.3. The van der Waals surface area contributed by atoms with E-state index in [1.54, 1.807) is 0 Å². The van der Waals surface area contributed by atoms with Gasteiger partial charge in [0.1, 0.15) is 5.76 Å². The minimum absolute atomic E-state index is 0.0646. The number of para-hydroxylation sites is 4. The van der Waals surface area contributed by atoms with Gasteiger partial charge in [0.15, 0.2) is 5.78 Å². The molecule has 0 saturated carbocycles. The molecule has 0 spiro atoms. The van der Waals surface area contributed by atoms with Gasteiger partial charge in [-0.3, -0.25) is 4.79 Å². The number of allylic oxidation sites excluding steroid dienone is 1. The van der Waals surface area contributed by atoms with Gasteiger partial charge in [0.2, 0.25) is 0 Å². The molecule has 0 bridgehead atoms. The average molecular weight is 555 g/mol. The second kappa shape index (κ2) is 9.89. The van der Waals surface area contributed by atoms with Crippen molar-refractivity contribution in [1.29, 1.82) is 0 Å². The largest absolute Gasteiger partial charge is 0.507 e. The third-order valence-electron chi connectivity index (χ3n) is 8.26. The maximum Gasteiger partial charge on any atom is 0.189 e. The monoisotopic (exact) mass is 554 g/mol. The van der Waals surface area contributed by atoms with Crippen molar-refractivity contribution in [2.45, 2.75) is 0 Å². The lowest BCUT2D eigenvalue weighted by molar-refractivity contribution is 0.104. The van der Waals surface area contributed by atoms with Crippen LogP contribution >= 0.6 is 0 Å². The smallest absolute Gasteiger partial charge is 0.189 e. The number of aliphatic hydroxyl groups excluding tert-OH is 1. The molecule has 0 aliphatic heterocycles. The molecule has 43 heavy (non-hydrogen) atoms. The Balaban J connectivity index is 1.09. The third kappa shape index (κ3) is 4.03. The molecule has 0 unspecified atom stereocenters. The number of ketones is 1. The van der Waals surface area contributed by atoms with Crippen LogP contribution in [0.4, 0.5) is 0 Å². The summed E-state index contributed by atoms with van der Waals surface area (Å²) in [5, 5.41) is 15.7. The molecular weight excluding hydrogens is 528 g/mol. The molecule has 0 amide bonds. The van der Waals surface area contributed by atoms with Gasteiger partial charge in [-0.25, -0.2) is 0 Å². The highest BCUT2D eigenvalue weighted by molar-refractivity contribution is 6.11. The molecule has 1 N–H and O–H groups in total. The number of hydrogen-bond donors (Lipinski definition) is 1. The molecule has 4 nitrogen and oxygen atoms in total. The van der Waals surface area contributed by atoms with E-state index in [4.69, 9.17) is 0 Å². The average Bonchev–Trinajstić information content (AvgIpc) is 3.58. The van der Waals surface area contributed by atoms with E-state index in [-0.39, 0.29) is 11.5 Å². The van der Waals surface area contributed by atoms with Crippen LogP contribution in [0.15, 0.2) is 152 Å². The van der Waals surface area contributed by atoms with Crippen LogP contribution in [0.3, 0.4) is 0 Å². The maximum absolute atomic E-state index is 13.2. The summed E-state index contributed by atoms with van der Waals surface area (Å²) in [5.41, 5.74) is 7.53. The first-order valence-electron chi connectivity index (χ1n) is 14.3. The highest BCUT2D eigenvalue weighted by atomic mass is 16.3. The third-order valence-corrected chi connectivity index (χ3v) is 8.26. The Morgan fingerprint density at radius 3 is 1.14 bits per heavy atom. The SMILES string of the molecule is O=C(/C=C(\O)c1ccc(-n2c3ccccc3c3ccccc32)cc1)c1ccc(-n2c3ccccc3c3ccccc32)cc1. The molecule has 8 rings (SSSR count). The van der Waals surface area contributed by atoms with Crippen LogP contribution in [0.2, 0.25) is 0 Å². The van der Waals surface area contributed by atoms with Crippen molar-refractivity contribution in [3.8, 4) is 11.4 Å². The first-order chi connectivity index (χ1) is 21.2. The molecular formula is C39H26N2O2. The predicted molar refractivity (Wildman–Crippen MR) is 176 cm³/mol. The van der Waals surface area contributed by atoms with Gasteiger partial charge in [-0.05, 0) is 72.8 Å². The molecule has 8 aromatic rings. The van der Waals surface area contributed by atoms with Gasteiger partial charge in [-0.15, -0.1) is 0 Å². The molecule has 0 radical (unpaired) electrons. The Hall–Kier alpha value is -5.87. The number of aliphatic hydroxyl groups is 1. The van der Waals surface area contributed by atoms with E-state index in [9.17, 15) is 9.90 Å². The number of hydrogen-bond acceptors (Lipinski definition) is 2. The van der Waals surface area contributed by atoms with E-state index in [1.165, 1.54) is 27.6 Å². The zero-order valence-corrected chi connectivity index (χ0v) is 23.2. The number of carbonyl (C=O) groups is 1. The van der Waals surface area contributed by atoms with E-state index in [1.807, 2.05) is 72.8 Å². The minimum atomic E-state index is -0.252. The summed E-state index contributed by atoms with van der Waals surface area (Å²) in [4.78, 5) is 13.2. The fourth-order valence-electron chi connectivity index (χ4n) is 6.25. The zero-order chi connectivity index (χ0) is 28.9. The van der Waals surface area contributed by atoms with Crippen LogP contribution in [0.5, 0.6) is 0 Å². The van der Waals surface area contributed by atoms with Gasteiger partial charge in [0, 0.05) is 50.1 Å². The van der Waals surface area contributed by atoms with E-state index < -0.39 is 0 Å². The summed E-state index contributed by atoms with van der Waals surface area (Å²) in [6, 6.07) is 48.6. The number of aromatic nitrogens is 2. The first kappa shape index (κ1) is 24.9. The lowest BCUT2D eigenvalue weighted by Gasteiger charge is -2.09.